The molecule has 0 radical (unpaired) electrons. The van der Waals surface area contributed by atoms with Crippen molar-refractivity contribution in [2.45, 2.75) is 271 Å². The minimum atomic E-state index is -0.795. The van der Waals surface area contributed by atoms with E-state index in [4.69, 9.17) is 14.2 Å². The predicted octanol–water partition coefficient (Wildman–Crippen LogP) is 18.2. The lowest BCUT2D eigenvalue weighted by Crippen LogP contribution is -2.30. The molecule has 0 fully saturated rings. The number of allylic oxidation sites excluding steroid dienone is 12. The summed E-state index contributed by atoms with van der Waals surface area (Å²) in [7, 11) is 0. The second kappa shape index (κ2) is 53.5. The van der Waals surface area contributed by atoms with Gasteiger partial charge in [-0.05, 0) is 96.3 Å². The molecule has 0 saturated carbocycles. The molecule has 1 atom stereocenters. The summed E-state index contributed by atoms with van der Waals surface area (Å²) < 4.78 is 16.8. The lowest BCUT2D eigenvalue weighted by molar-refractivity contribution is -0.167. The first-order valence-electron chi connectivity index (χ1n) is 27.4. The van der Waals surface area contributed by atoms with E-state index in [2.05, 4.69) is 93.7 Å². The molecule has 0 amide bonds. The van der Waals surface area contributed by atoms with Gasteiger partial charge in [0.2, 0.25) is 0 Å². The Balaban J connectivity index is 4.46. The Hall–Kier alpha value is -3.15. The summed E-state index contributed by atoms with van der Waals surface area (Å²) in [6.45, 7) is 6.55. The molecule has 0 aromatic rings. The summed E-state index contributed by atoms with van der Waals surface area (Å²) >= 11 is 0. The third-order valence-electron chi connectivity index (χ3n) is 11.7. The summed E-state index contributed by atoms with van der Waals surface area (Å²) in [4.78, 5) is 38.1. The second-order valence-electron chi connectivity index (χ2n) is 18.1. The van der Waals surface area contributed by atoms with Crippen molar-refractivity contribution in [2.75, 3.05) is 13.2 Å². The molecule has 0 rings (SSSR count). The first-order chi connectivity index (χ1) is 32.0. The van der Waals surface area contributed by atoms with Gasteiger partial charge in [0.05, 0.1) is 0 Å². The van der Waals surface area contributed by atoms with Gasteiger partial charge in [0.1, 0.15) is 13.2 Å². The average molecular weight is 907 g/mol. The molecule has 0 aliphatic carbocycles. The van der Waals surface area contributed by atoms with Crippen LogP contribution in [-0.2, 0) is 28.6 Å². The van der Waals surface area contributed by atoms with Gasteiger partial charge in [0, 0.05) is 19.3 Å². The summed E-state index contributed by atoms with van der Waals surface area (Å²) in [6.07, 6.45) is 67.3. The van der Waals surface area contributed by atoms with Crippen LogP contribution in [0.1, 0.15) is 265 Å². The Morgan fingerprint density at radius 3 is 0.892 bits per heavy atom. The van der Waals surface area contributed by atoms with Crippen LogP contribution in [-0.4, -0.2) is 37.2 Å². The first-order valence-corrected chi connectivity index (χ1v) is 27.4. The Kier molecular flexibility index (Phi) is 50.9. The van der Waals surface area contributed by atoms with Gasteiger partial charge in [-0.1, -0.05) is 222 Å². The fourth-order valence-corrected chi connectivity index (χ4v) is 7.51. The Labute approximate surface area is 402 Å². The largest absolute Gasteiger partial charge is 0.462 e. The van der Waals surface area contributed by atoms with E-state index in [0.29, 0.717) is 19.3 Å². The molecule has 0 saturated heterocycles. The average Bonchev–Trinajstić information content (AvgIpc) is 3.30. The van der Waals surface area contributed by atoms with Crippen LogP contribution in [0.25, 0.3) is 0 Å². The van der Waals surface area contributed by atoms with Crippen molar-refractivity contribution in [1.29, 1.82) is 0 Å². The van der Waals surface area contributed by atoms with Crippen LogP contribution in [0.2, 0.25) is 0 Å². The van der Waals surface area contributed by atoms with Crippen LogP contribution < -0.4 is 0 Å². The molecule has 0 bridgehead atoms. The highest BCUT2D eigenvalue weighted by Crippen LogP contribution is 2.15. The fraction of sp³-hybridized carbons (Fsp3) is 0.746. The Morgan fingerprint density at radius 1 is 0.308 bits per heavy atom. The zero-order valence-corrected chi connectivity index (χ0v) is 42.7. The molecule has 0 aromatic heterocycles. The van der Waals surface area contributed by atoms with Crippen molar-refractivity contribution >= 4 is 17.9 Å². The van der Waals surface area contributed by atoms with Crippen molar-refractivity contribution < 1.29 is 28.6 Å². The predicted molar refractivity (Wildman–Crippen MR) is 279 cm³/mol. The van der Waals surface area contributed by atoms with Crippen molar-refractivity contribution in [2.24, 2.45) is 0 Å². The standard InChI is InChI=1S/C59H102O6/c1-4-7-10-13-16-19-22-25-27-29-31-34-37-40-43-46-49-52-58(61)64-55-56(54-63-57(60)51-48-45-42-39-36-33-24-21-18-15-12-9-6-3)65-59(62)53-50-47-44-41-38-35-32-30-28-26-23-20-17-14-11-8-5-2/h16-17,19-20,25-28,31-32,34-35,56H,4-15,18,21-24,29-30,33,36-55H2,1-3H3/b19-16-,20-17-,27-25-,28-26-,34-31-,35-32-/t56-/m1/s1. The number of rotatable bonds is 49. The van der Waals surface area contributed by atoms with Gasteiger partial charge in [0.25, 0.3) is 0 Å². The van der Waals surface area contributed by atoms with E-state index in [0.717, 1.165) is 109 Å². The highest BCUT2D eigenvalue weighted by Gasteiger charge is 2.19. The number of carbonyl (C=O) groups is 3. The van der Waals surface area contributed by atoms with Crippen LogP contribution in [0, 0.1) is 0 Å². The van der Waals surface area contributed by atoms with Crippen LogP contribution in [0.4, 0.5) is 0 Å². The Bertz CT molecular complexity index is 1230. The van der Waals surface area contributed by atoms with Gasteiger partial charge in [-0.3, -0.25) is 14.4 Å². The van der Waals surface area contributed by atoms with E-state index in [9.17, 15) is 14.4 Å². The molecule has 6 nitrogen and oxygen atoms in total. The van der Waals surface area contributed by atoms with Crippen molar-refractivity contribution in [1.82, 2.24) is 0 Å². The van der Waals surface area contributed by atoms with Gasteiger partial charge in [0.15, 0.2) is 6.10 Å². The molecule has 0 aromatic carbocycles. The second-order valence-corrected chi connectivity index (χ2v) is 18.1. The van der Waals surface area contributed by atoms with E-state index in [1.54, 1.807) is 0 Å². The van der Waals surface area contributed by atoms with Gasteiger partial charge < -0.3 is 14.2 Å². The molecule has 0 N–H and O–H groups in total. The van der Waals surface area contributed by atoms with Gasteiger partial charge in [-0.15, -0.1) is 0 Å². The molecule has 0 spiro atoms. The SMILES string of the molecule is CCCCC/C=C\C/C=C\C/C=C\CCCCCCC(=O)OC[C@@H](COC(=O)CCCCCCCCCCCCCCC)OC(=O)CCCCCC/C=C\C/C=C\C/C=C\CCCCC. The fourth-order valence-electron chi connectivity index (χ4n) is 7.51. The summed E-state index contributed by atoms with van der Waals surface area (Å²) in [6, 6.07) is 0. The molecule has 0 aliphatic heterocycles. The molecule has 0 unspecified atom stereocenters. The Morgan fingerprint density at radius 2 is 0.554 bits per heavy atom. The maximum Gasteiger partial charge on any atom is 0.306 e. The number of esters is 3. The van der Waals surface area contributed by atoms with Crippen LogP contribution in [0.5, 0.6) is 0 Å². The lowest BCUT2D eigenvalue weighted by Gasteiger charge is -2.18. The minimum Gasteiger partial charge on any atom is -0.462 e. The van der Waals surface area contributed by atoms with E-state index in [1.807, 2.05) is 0 Å². The maximum atomic E-state index is 12.8. The number of unbranched alkanes of at least 4 members (excludes halogenated alkanes) is 26. The van der Waals surface area contributed by atoms with Crippen LogP contribution >= 0.6 is 0 Å². The quantitative estimate of drug-likeness (QED) is 0.0262. The normalized spacial score (nSPS) is 12.6. The van der Waals surface area contributed by atoms with E-state index in [-0.39, 0.29) is 31.1 Å². The number of ether oxygens (including phenoxy) is 3. The molecular formula is C59H102O6. The van der Waals surface area contributed by atoms with Gasteiger partial charge in [-0.2, -0.15) is 0 Å². The molecular weight excluding hydrogens is 805 g/mol. The molecule has 65 heavy (non-hydrogen) atoms. The van der Waals surface area contributed by atoms with E-state index in [1.165, 1.54) is 116 Å². The third kappa shape index (κ3) is 51.7. The van der Waals surface area contributed by atoms with E-state index < -0.39 is 6.10 Å². The highest BCUT2D eigenvalue weighted by atomic mass is 16.6. The number of hydrogen-bond donors (Lipinski definition) is 0. The number of hydrogen-bond acceptors (Lipinski definition) is 6. The van der Waals surface area contributed by atoms with Crippen molar-refractivity contribution in [3.05, 3.63) is 72.9 Å². The van der Waals surface area contributed by atoms with Crippen molar-refractivity contribution in [3.63, 3.8) is 0 Å². The monoisotopic (exact) mass is 907 g/mol. The summed E-state index contributed by atoms with van der Waals surface area (Å²) in [5, 5.41) is 0. The topological polar surface area (TPSA) is 78.9 Å². The third-order valence-corrected chi connectivity index (χ3v) is 11.7. The highest BCUT2D eigenvalue weighted by molar-refractivity contribution is 5.71. The summed E-state index contributed by atoms with van der Waals surface area (Å²) in [5.74, 6) is -0.929. The van der Waals surface area contributed by atoms with Crippen LogP contribution in [0.15, 0.2) is 72.9 Å². The maximum absolute atomic E-state index is 12.8. The number of carbonyl (C=O) groups excluding carboxylic acids is 3. The molecule has 0 aliphatic rings. The van der Waals surface area contributed by atoms with Crippen molar-refractivity contribution in [3.8, 4) is 0 Å². The minimum absolute atomic E-state index is 0.0902. The molecule has 374 valence electrons. The molecule has 0 heterocycles. The zero-order valence-electron chi connectivity index (χ0n) is 42.7. The smallest absolute Gasteiger partial charge is 0.306 e. The van der Waals surface area contributed by atoms with Gasteiger partial charge in [-0.25, -0.2) is 0 Å². The summed E-state index contributed by atoms with van der Waals surface area (Å²) in [5.41, 5.74) is 0. The van der Waals surface area contributed by atoms with E-state index >= 15 is 0 Å². The zero-order chi connectivity index (χ0) is 47.2. The lowest BCUT2D eigenvalue weighted by atomic mass is 10.0. The molecule has 6 heteroatoms. The first kappa shape index (κ1) is 61.9. The van der Waals surface area contributed by atoms with Gasteiger partial charge >= 0.3 is 17.9 Å². The van der Waals surface area contributed by atoms with Crippen LogP contribution in [0.3, 0.4) is 0 Å².